The number of nitrogens with one attached hydrogen (secondary N) is 2. The maximum atomic E-state index is 10.9. The van der Waals surface area contributed by atoms with Crippen LogP contribution in [0.3, 0.4) is 0 Å². The van der Waals surface area contributed by atoms with Crippen molar-refractivity contribution in [1.29, 1.82) is 0 Å². The average molecular weight is 866 g/mol. The molecule has 0 aromatic rings. The minimum absolute atomic E-state index is 0.163. The summed E-state index contributed by atoms with van der Waals surface area (Å²) in [4.78, 5) is 4.20. The molecule has 0 saturated heterocycles. The Morgan fingerprint density at radius 3 is 1.67 bits per heavy atom. The van der Waals surface area contributed by atoms with Crippen molar-refractivity contribution in [3.05, 3.63) is 0 Å². The first-order chi connectivity index (χ1) is 27.5. The maximum absolute atomic E-state index is 10.9. The Morgan fingerprint density at radius 1 is 0.649 bits per heavy atom. The van der Waals surface area contributed by atoms with Gasteiger partial charge in [-0.1, -0.05) is 33.1 Å². The summed E-state index contributed by atoms with van der Waals surface area (Å²) in [7, 11) is 5.18. The van der Waals surface area contributed by atoms with Gasteiger partial charge in [-0.2, -0.15) is 10.6 Å². The lowest BCUT2D eigenvalue weighted by Gasteiger charge is -2.39. The van der Waals surface area contributed by atoms with Crippen LogP contribution < -0.4 is 16.4 Å². The first kappa shape index (κ1) is 56.9. The lowest BCUT2D eigenvalue weighted by molar-refractivity contribution is -0.00993. The van der Waals surface area contributed by atoms with Gasteiger partial charge in [0.2, 0.25) is 0 Å². The van der Waals surface area contributed by atoms with E-state index in [2.05, 4.69) is 29.4 Å². The van der Waals surface area contributed by atoms with Crippen LogP contribution in [-0.2, 0) is 40.6 Å². The van der Waals surface area contributed by atoms with Gasteiger partial charge in [-0.25, -0.2) is 0 Å². The minimum atomic E-state index is -2.67. The number of aliphatic hydroxyl groups excluding tert-OH is 3. The highest BCUT2D eigenvalue weighted by Crippen LogP contribution is 2.49. The molecule has 57 heavy (non-hydrogen) atoms. The fraction of sp³-hybridized carbons (Fsp3) is 1.00. The summed E-state index contributed by atoms with van der Waals surface area (Å²) in [6.45, 7) is 13.4. The molecular weight excluding hydrogens is 779 g/mol. The van der Waals surface area contributed by atoms with Gasteiger partial charge in [-0.15, -0.1) is 0 Å². The van der Waals surface area contributed by atoms with Crippen molar-refractivity contribution in [3.8, 4) is 0 Å². The number of rotatable bonds is 44. The summed E-state index contributed by atoms with van der Waals surface area (Å²) in [5.41, 5.74) is 5.86. The van der Waals surface area contributed by atoms with Crippen LogP contribution in [-0.4, -0.2) is 218 Å². The normalized spacial score (nSPS) is 15.1. The Balaban J connectivity index is 4.77. The minimum Gasteiger partial charge on any atom is -0.389 e. The van der Waals surface area contributed by atoms with E-state index in [4.69, 9.17) is 46.3 Å². The van der Waals surface area contributed by atoms with Gasteiger partial charge in [0.15, 0.2) is 0 Å². The van der Waals surface area contributed by atoms with Crippen molar-refractivity contribution < 1.29 is 55.9 Å². The van der Waals surface area contributed by atoms with Crippen LogP contribution in [0.25, 0.3) is 0 Å². The van der Waals surface area contributed by atoms with E-state index in [1.165, 1.54) is 19.3 Å². The van der Waals surface area contributed by atoms with Crippen molar-refractivity contribution in [2.45, 2.75) is 76.7 Å². The van der Waals surface area contributed by atoms with Crippen LogP contribution in [0.5, 0.6) is 0 Å². The molecular formula is C38H87N5O12SSi. The van der Waals surface area contributed by atoms with Gasteiger partial charge in [-0.3, -0.25) is 18.2 Å². The molecule has 7 N–H and O–H groups in total. The highest BCUT2D eigenvalue weighted by atomic mass is 32.3. The van der Waals surface area contributed by atoms with E-state index < -0.39 is 37.7 Å². The first-order valence-electron chi connectivity index (χ1n) is 20.9. The molecule has 0 radical (unpaired) electrons. The molecule has 0 aliphatic rings. The molecule has 0 heterocycles. The largest absolute Gasteiger partial charge is 0.500 e. The van der Waals surface area contributed by atoms with E-state index in [-0.39, 0.29) is 13.2 Å². The first-order valence-corrected chi connectivity index (χ1v) is 24.7. The summed E-state index contributed by atoms with van der Waals surface area (Å²) < 4.78 is 50.3. The molecule has 0 fully saturated rings. The standard InChI is InChI=1S/C38H87N5O12SSi/c1-9-11-14-35(10-2)30-55-33-36(44)27-42(20-15-39)21-18-40-16-17-41-19-22-43(29-38(46)32-54-24-13-26-57(50-6,51-7)52-8)28-37(45)31-53-23-12-25-56(48-4,49-5)34-47-3/h35-38,40-41,44-46H,9-34,39H2,1-8H3. The van der Waals surface area contributed by atoms with Gasteiger partial charge in [-0.05, 0) is 25.2 Å². The highest BCUT2D eigenvalue weighted by Gasteiger charge is 2.36. The van der Waals surface area contributed by atoms with Crippen molar-refractivity contribution in [1.82, 2.24) is 20.4 Å². The van der Waals surface area contributed by atoms with Crippen LogP contribution >= 0.6 is 10.6 Å². The van der Waals surface area contributed by atoms with Crippen LogP contribution in [0.4, 0.5) is 0 Å². The van der Waals surface area contributed by atoms with Crippen molar-refractivity contribution in [2.24, 2.45) is 11.7 Å². The predicted octanol–water partition coefficient (Wildman–Crippen LogP) is 1.27. The zero-order valence-electron chi connectivity index (χ0n) is 37.1. The third kappa shape index (κ3) is 28.9. The Kier molecular flexibility index (Phi) is 37.6. The van der Waals surface area contributed by atoms with Gasteiger partial charge in [0, 0.05) is 132 Å². The summed E-state index contributed by atoms with van der Waals surface area (Å²) in [5, 5.41) is 39.2. The Morgan fingerprint density at radius 2 is 1.18 bits per heavy atom. The van der Waals surface area contributed by atoms with Crippen LogP contribution in [0.15, 0.2) is 0 Å². The lowest BCUT2D eigenvalue weighted by atomic mass is 10.0. The lowest BCUT2D eigenvalue weighted by Crippen LogP contribution is -2.45. The zero-order valence-corrected chi connectivity index (χ0v) is 38.9. The molecule has 0 saturated carbocycles. The van der Waals surface area contributed by atoms with Gasteiger partial charge in [0.25, 0.3) is 0 Å². The Labute approximate surface area is 349 Å². The summed E-state index contributed by atoms with van der Waals surface area (Å²) in [6, 6.07) is 0.611. The molecule has 0 aromatic heterocycles. The third-order valence-electron chi connectivity index (χ3n) is 9.72. The molecule has 0 aromatic carbocycles. The molecule has 4 atom stereocenters. The van der Waals surface area contributed by atoms with E-state index in [1.807, 2.05) is 4.90 Å². The molecule has 0 aliphatic carbocycles. The number of nitrogens with zero attached hydrogens (tertiary/aromatic N) is 2. The fourth-order valence-electron chi connectivity index (χ4n) is 6.29. The molecule has 0 spiro atoms. The maximum Gasteiger partial charge on any atom is 0.500 e. The monoisotopic (exact) mass is 866 g/mol. The molecule has 346 valence electrons. The topological polar surface area (TPSA) is 200 Å². The van der Waals surface area contributed by atoms with Gasteiger partial charge >= 0.3 is 8.80 Å². The second-order valence-electron chi connectivity index (χ2n) is 14.4. The summed E-state index contributed by atoms with van der Waals surface area (Å²) >= 11 is 0. The molecule has 0 aliphatic heterocycles. The van der Waals surface area contributed by atoms with Gasteiger partial charge in [0.1, 0.15) is 5.94 Å². The quantitative estimate of drug-likeness (QED) is 0.0378. The van der Waals surface area contributed by atoms with E-state index in [9.17, 15) is 15.3 Å². The second kappa shape index (κ2) is 37.6. The Bertz CT molecular complexity index is 871. The van der Waals surface area contributed by atoms with E-state index in [0.717, 1.165) is 32.6 Å². The van der Waals surface area contributed by atoms with Crippen molar-refractivity contribution in [3.63, 3.8) is 0 Å². The molecule has 17 nitrogen and oxygen atoms in total. The summed E-state index contributed by atoms with van der Waals surface area (Å²) in [5.74, 6) is 1.60. The molecule has 0 bridgehead atoms. The van der Waals surface area contributed by atoms with Crippen molar-refractivity contribution in [2.75, 3.05) is 166 Å². The number of nitrogens with two attached hydrogens (primary N) is 1. The third-order valence-corrected chi connectivity index (χ3v) is 15.3. The summed E-state index contributed by atoms with van der Waals surface area (Å²) in [6.07, 6.45) is 4.02. The Hall–Kier alpha value is -0.113. The molecule has 4 unspecified atom stereocenters. The molecule has 0 rings (SSSR count). The predicted molar refractivity (Wildman–Crippen MR) is 231 cm³/mol. The van der Waals surface area contributed by atoms with Crippen LogP contribution in [0.2, 0.25) is 6.04 Å². The molecule has 19 heteroatoms. The molecule has 0 amide bonds. The van der Waals surface area contributed by atoms with Gasteiger partial charge < -0.3 is 63.9 Å². The van der Waals surface area contributed by atoms with E-state index in [1.54, 1.807) is 42.7 Å². The SMILES string of the molecule is CCCCC(CC)COCC(O)CN(CCN)CCNCCNCCN(CC(O)COCCC[Si](OC)(OC)OC)CC(O)COCCCS(COC)(OC)OC. The van der Waals surface area contributed by atoms with Crippen LogP contribution in [0, 0.1) is 5.92 Å². The van der Waals surface area contributed by atoms with Gasteiger partial charge in [0.05, 0.1) is 52.4 Å². The smallest absolute Gasteiger partial charge is 0.389 e. The highest BCUT2D eigenvalue weighted by molar-refractivity contribution is 8.25. The van der Waals surface area contributed by atoms with Crippen molar-refractivity contribution >= 4 is 19.4 Å². The average Bonchev–Trinajstić information content (AvgIpc) is 3.21. The number of aliphatic hydroxyl groups is 3. The number of hydrogen-bond donors (Lipinski definition) is 6. The number of ether oxygens (including phenoxy) is 4. The van der Waals surface area contributed by atoms with Crippen LogP contribution in [0.1, 0.15) is 52.4 Å². The number of methoxy groups -OCH3 is 1. The number of unbranched alkanes of at least 4 members (excludes halogenated alkanes) is 1. The van der Waals surface area contributed by atoms with E-state index in [0.29, 0.717) is 109 Å². The second-order valence-corrected chi connectivity index (χ2v) is 20.2. The zero-order chi connectivity index (χ0) is 42.6. The van der Waals surface area contributed by atoms with E-state index >= 15 is 0 Å². The fourth-order valence-corrected chi connectivity index (χ4v) is 9.68. The number of hydrogen-bond acceptors (Lipinski definition) is 17.